The second kappa shape index (κ2) is 7.58. The topological polar surface area (TPSA) is 88.1 Å². The van der Waals surface area contributed by atoms with Gasteiger partial charge < -0.3 is 4.90 Å². The number of carbonyl (C=O) groups is 1. The highest BCUT2D eigenvalue weighted by Crippen LogP contribution is 2.13. The lowest BCUT2D eigenvalue weighted by Gasteiger charge is -2.21. The first-order valence-electron chi connectivity index (χ1n) is 8.75. The summed E-state index contributed by atoms with van der Waals surface area (Å²) in [7, 11) is 0. The summed E-state index contributed by atoms with van der Waals surface area (Å²) in [6.07, 6.45) is 1.19. The Kier molecular flexibility index (Phi) is 5.21. The number of likely N-dealkylation sites (N-methyl/N-ethyl adjacent to an activating group) is 1. The standard InChI is InChI=1S/C19H19FN4O3/c1-2-22(11-13-5-3-6-14(20)9-13)17(25)12-24-18(26)15(10-21)16-7-4-8-23(16)19(24)27/h3,5-6,9H,2,4,7-8,11-12H2,1H3. The zero-order valence-electron chi connectivity index (χ0n) is 14.9. The predicted octanol–water partition coefficient (Wildman–Crippen LogP) is 1.02. The zero-order valence-corrected chi connectivity index (χ0v) is 14.9. The molecule has 0 spiro atoms. The highest BCUT2D eigenvalue weighted by molar-refractivity contribution is 5.76. The highest BCUT2D eigenvalue weighted by atomic mass is 19.1. The molecule has 0 bridgehead atoms. The smallest absolute Gasteiger partial charge is 0.331 e. The second-order valence-electron chi connectivity index (χ2n) is 6.40. The van der Waals surface area contributed by atoms with Crippen LogP contribution in [0.15, 0.2) is 33.9 Å². The van der Waals surface area contributed by atoms with E-state index in [4.69, 9.17) is 0 Å². The van der Waals surface area contributed by atoms with Crippen LogP contribution in [0.5, 0.6) is 0 Å². The molecule has 0 saturated carbocycles. The van der Waals surface area contributed by atoms with E-state index in [1.165, 1.54) is 21.6 Å². The number of rotatable bonds is 5. The number of nitrogens with zero attached hydrogens (tertiary/aromatic N) is 4. The lowest BCUT2D eigenvalue weighted by atomic mass is 10.2. The van der Waals surface area contributed by atoms with Gasteiger partial charge in [0.15, 0.2) is 0 Å². The summed E-state index contributed by atoms with van der Waals surface area (Å²) in [5.41, 5.74) is -0.315. The van der Waals surface area contributed by atoms with Crippen LogP contribution in [-0.2, 0) is 30.8 Å². The minimum atomic E-state index is -0.731. The molecule has 0 aliphatic carbocycles. The largest absolute Gasteiger partial charge is 0.337 e. The molecular formula is C19H19FN4O3. The second-order valence-corrected chi connectivity index (χ2v) is 6.40. The lowest BCUT2D eigenvalue weighted by molar-refractivity contribution is -0.132. The van der Waals surface area contributed by atoms with E-state index in [0.29, 0.717) is 37.2 Å². The van der Waals surface area contributed by atoms with Crippen LogP contribution in [0.4, 0.5) is 4.39 Å². The average Bonchev–Trinajstić information content (AvgIpc) is 3.13. The fourth-order valence-electron chi connectivity index (χ4n) is 3.36. The summed E-state index contributed by atoms with van der Waals surface area (Å²) in [4.78, 5) is 39.2. The molecule has 1 amide bonds. The minimum absolute atomic E-state index is 0.0759. The number of halogens is 1. The summed E-state index contributed by atoms with van der Waals surface area (Å²) >= 11 is 0. The first-order chi connectivity index (χ1) is 13.0. The number of hydrogen-bond donors (Lipinski definition) is 0. The third-order valence-corrected chi connectivity index (χ3v) is 4.73. The van der Waals surface area contributed by atoms with E-state index in [1.54, 1.807) is 19.1 Å². The van der Waals surface area contributed by atoms with E-state index in [1.807, 2.05) is 6.07 Å². The Bertz CT molecular complexity index is 1050. The van der Waals surface area contributed by atoms with Gasteiger partial charge in [-0.15, -0.1) is 0 Å². The van der Waals surface area contributed by atoms with Gasteiger partial charge in [0.2, 0.25) is 5.91 Å². The van der Waals surface area contributed by atoms with Gasteiger partial charge in [0.25, 0.3) is 5.56 Å². The van der Waals surface area contributed by atoms with Gasteiger partial charge in [-0.3, -0.25) is 14.2 Å². The van der Waals surface area contributed by atoms with Crippen molar-refractivity contribution in [2.24, 2.45) is 0 Å². The van der Waals surface area contributed by atoms with Crippen molar-refractivity contribution in [2.45, 2.75) is 39.4 Å². The molecule has 2 heterocycles. The number of nitriles is 1. The molecule has 1 aliphatic heterocycles. The quantitative estimate of drug-likeness (QED) is 0.786. The Morgan fingerprint density at radius 3 is 2.81 bits per heavy atom. The van der Waals surface area contributed by atoms with Gasteiger partial charge in [-0.25, -0.2) is 13.8 Å². The fourth-order valence-corrected chi connectivity index (χ4v) is 3.36. The Morgan fingerprint density at radius 1 is 1.37 bits per heavy atom. The van der Waals surface area contributed by atoms with Gasteiger partial charge in [0, 0.05) is 25.3 Å². The SMILES string of the molecule is CCN(Cc1cccc(F)c1)C(=O)Cn1c(=O)c(C#N)c2n(c1=O)CCC2. The lowest BCUT2D eigenvalue weighted by Crippen LogP contribution is -2.45. The van der Waals surface area contributed by atoms with Crippen molar-refractivity contribution in [2.75, 3.05) is 6.54 Å². The molecule has 0 N–H and O–H groups in total. The van der Waals surface area contributed by atoms with E-state index in [2.05, 4.69) is 0 Å². The minimum Gasteiger partial charge on any atom is -0.337 e. The molecule has 7 nitrogen and oxygen atoms in total. The van der Waals surface area contributed by atoms with Gasteiger partial charge in [-0.1, -0.05) is 12.1 Å². The molecule has 1 aliphatic rings. The Labute approximate surface area is 154 Å². The number of hydrogen-bond acceptors (Lipinski definition) is 4. The fraction of sp³-hybridized carbons (Fsp3) is 0.368. The highest BCUT2D eigenvalue weighted by Gasteiger charge is 2.24. The van der Waals surface area contributed by atoms with Crippen LogP contribution in [0.1, 0.15) is 30.2 Å². The van der Waals surface area contributed by atoms with Crippen molar-refractivity contribution in [1.82, 2.24) is 14.0 Å². The molecular weight excluding hydrogens is 351 g/mol. The van der Waals surface area contributed by atoms with Crippen LogP contribution >= 0.6 is 0 Å². The molecule has 1 aromatic carbocycles. The monoisotopic (exact) mass is 370 g/mol. The van der Waals surface area contributed by atoms with Crippen LogP contribution in [0.3, 0.4) is 0 Å². The van der Waals surface area contributed by atoms with Crippen LogP contribution in [0.25, 0.3) is 0 Å². The molecule has 2 aromatic rings. The molecule has 1 aromatic heterocycles. The number of aromatic nitrogens is 2. The number of amides is 1. The van der Waals surface area contributed by atoms with Gasteiger partial charge >= 0.3 is 5.69 Å². The van der Waals surface area contributed by atoms with Crippen molar-refractivity contribution in [1.29, 1.82) is 5.26 Å². The molecule has 8 heteroatoms. The van der Waals surface area contributed by atoms with Crippen molar-refractivity contribution in [3.05, 3.63) is 67.7 Å². The van der Waals surface area contributed by atoms with E-state index in [9.17, 15) is 24.0 Å². The van der Waals surface area contributed by atoms with Gasteiger partial charge in [0.05, 0.1) is 0 Å². The summed E-state index contributed by atoms with van der Waals surface area (Å²) < 4.78 is 15.6. The summed E-state index contributed by atoms with van der Waals surface area (Å²) in [5.74, 6) is -0.842. The molecule has 0 saturated heterocycles. The van der Waals surface area contributed by atoms with Crippen molar-refractivity contribution in [3.8, 4) is 6.07 Å². The molecule has 0 radical (unpaired) electrons. The third kappa shape index (κ3) is 3.53. The maximum absolute atomic E-state index is 13.4. The first-order valence-corrected chi connectivity index (χ1v) is 8.75. The third-order valence-electron chi connectivity index (χ3n) is 4.73. The van der Waals surface area contributed by atoms with Crippen molar-refractivity contribution < 1.29 is 9.18 Å². The number of carbonyl (C=O) groups excluding carboxylic acids is 1. The maximum atomic E-state index is 13.4. The first kappa shape index (κ1) is 18.6. The number of benzene rings is 1. The van der Waals surface area contributed by atoms with Gasteiger partial charge in [-0.05, 0) is 37.5 Å². The molecule has 140 valence electrons. The van der Waals surface area contributed by atoms with Crippen LogP contribution < -0.4 is 11.2 Å². The summed E-state index contributed by atoms with van der Waals surface area (Å²) in [6.45, 7) is 2.24. The van der Waals surface area contributed by atoms with Gasteiger partial charge in [-0.2, -0.15) is 5.26 Å². The molecule has 27 heavy (non-hydrogen) atoms. The van der Waals surface area contributed by atoms with Crippen LogP contribution in [0, 0.1) is 17.1 Å². The average molecular weight is 370 g/mol. The number of fused-ring (bicyclic) bond motifs is 1. The Balaban J connectivity index is 1.90. The Hall–Kier alpha value is -3.21. The Morgan fingerprint density at radius 2 is 2.15 bits per heavy atom. The molecule has 0 unspecified atom stereocenters. The summed E-state index contributed by atoms with van der Waals surface area (Å²) in [5, 5.41) is 9.30. The van der Waals surface area contributed by atoms with Crippen molar-refractivity contribution >= 4 is 5.91 Å². The predicted molar refractivity (Wildman–Crippen MR) is 95.5 cm³/mol. The van der Waals surface area contributed by atoms with Crippen molar-refractivity contribution in [3.63, 3.8) is 0 Å². The summed E-state index contributed by atoms with van der Waals surface area (Å²) in [6, 6.07) is 7.77. The normalized spacial score (nSPS) is 12.5. The molecule has 3 rings (SSSR count). The van der Waals surface area contributed by atoms with E-state index in [-0.39, 0.29) is 12.1 Å². The molecule has 0 fully saturated rings. The van der Waals surface area contributed by atoms with E-state index in [0.717, 1.165) is 4.57 Å². The zero-order chi connectivity index (χ0) is 19.6. The van der Waals surface area contributed by atoms with Gasteiger partial charge in [0.1, 0.15) is 24.0 Å². The van der Waals surface area contributed by atoms with Crippen LogP contribution in [0.2, 0.25) is 0 Å². The van der Waals surface area contributed by atoms with Crippen LogP contribution in [-0.4, -0.2) is 26.5 Å². The maximum Gasteiger partial charge on any atom is 0.331 e. The van der Waals surface area contributed by atoms with E-state index >= 15 is 0 Å². The van der Waals surface area contributed by atoms with E-state index < -0.39 is 29.5 Å². The molecule has 0 atom stereocenters.